The summed E-state index contributed by atoms with van der Waals surface area (Å²) >= 11 is 0. The monoisotopic (exact) mass is 386 g/mol. The van der Waals surface area contributed by atoms with Gasteiger partial charge in [0.15, 0.2) is 6.61 Å². The number of aromatic amines is 1. The molecule has 1 heterocycles. The van der Waals surface area contributed by atoms with Crippen LogP contribution in [0.1, 0.15) is 26.4 Å². The van der Waals surface area contributed by atoms with E-state index in [4.69, 9.17) is 4.74 Å². The first-order chi connectivity index (χ1) is 12.7. The largest absolute Gasteiger partial charge is 0.454 e. The number of carbonyl (C=O) groups is 2. The van der Waals surface area contributed by atoms with Crippen molar-refractivity contribution in [2.24, 2.45) is 0 Å². The molecule has 0 fully saturated rings. The number of nitrogens with one attached hydrogen (secondary N) is 2. The van der Waals surface area contributed by atoms with Crippen LogP contribution in [0.25, 0.3) is 10.9 Å². The summed E-state index contributed by atoms with van der Waals surface area (Å²) in [7, 11) is -3.46. The van der Waals surface area contributed by atoms with Crippen molar-refractivity contribution in [2.45, 2.75) is 6.92 Å². The van der Waals surface area contributed by atoms with Crippen molar-refractivity contribution in [1.82, 2.24) is 4.98 Å². The van der Waals surface area contributed by atoms with Crippen LogP contribution >= 0.6 is 0 Å². The van der Waals surface area contributed by atoms with Crippen LogP contribution in [0.15, 0.2) is 48.5 Å². The second-order valence-electron chi connectivity index (χ2n) is 6.12. The molecular formula is C19H18N2O5S. The Labute approximate surface area is 156 Å². The summed E-state index contributed by atoms with van der Waals surface area (Å²) in [5, 5.41) is 0.774. The molecule has 3 aromatic rings. The van der Waals surface area contributed by atoms with E-state index in [-0.39, 0.29) is 17.0 Å². The zero-order valence-corrected chi connectivity index (χ0v) is 15.6. The number of anilines is 1. The van der Waals surface area contributed by atoms with E-state index in [1.165, 1.54) is 24.3 Å². The highest BCUT2D eigenvalue weighted by Gasteiger charge is 2.18. The minimum absolute atomic E-state index is 0.145. The fraction of sp³-hybridized carbons (Fsp3) is 0.158. The summed E-state index contributed by atoms with van der Waals surface area (Å²) in [6.07, 6.45) is 1.01. The van der Waals surface area contributed by atoms with E-state index in [1.807, 2.05) is 24.3 Å². The molecule has 0 atom stereocenters. The minimum Gasteiger partial charge on any atom is -0.454 e. The van der Waals surface area contributed by atoms with Gasteiger partial charge in [0, 0.05) is 27.8 Å². The van der Waals surface area contributed by atoms with Crippen molar-refractivity contribution in [1.29, 1.82) is 0 Å². The molecule has 2 N–H and O–H groups in total. The third-order valence-electron chi connectivity index (χ3n) is 3.91. The van der Waals surface area contributed by atoms with Crippen LogP contribution in [0.4, 0.5) is 5.69 Å². The SMILES string of the molecule is Cc1[nH]c2ccccc2c1C(=O)COC(=O)c1cccc(NS(C)(=O)=O)c1. The number of aromatic nitrogens is 1. The molecule has 0 spiro atoms. The average Bonchev–Trinajstić information content (AvgIpc) is 2.94. The summed E-state index contributed by atoms with van der Waals surface area (Å²) < 4.78 is 30.0. The summed E-state index contributed by atoms with van der Waals surface area (Å²) in [4.78, 5) is 27.9. The highest BCUT2D eigenvalue weighted by Crippen LogP contribution is 2.22. The number of ether oxygens (including phenoxy) is 1. The third kappa shape index (κ3) is 4.35. The summed E-state index contributed by atoms with van der Waals surface area (Å²) in [6.45, 7) is 1.38. The van der Waals surface area contributed by atoms with E-state index in [1.54, 1.807) is 6.92 Å². The molecule has 0 amide bonds. The quantitative estimate of drug-likeness (QED) is 0.501. The molecule has 140 valence electrons. The fourth-order valence-corrected chi connectivity index (χ4v) is 3.40. The van der Waals surface area contributed by atoms with Gasteiger partial charge in [-0.3, -0.25) is 9.52 Å². The molecule has 0 unspecified atom stereocenters. The Morgan fingerprint density at radius 3 is 2.59 bits per heavy atom. The predicted octanol–water partition coefficient (Wildman–Crippen LogP) is 2.89. The van der Waals surface area contributed by atoms with E-state index >= 15 is 0 Å². The number of sulfonamides is 1. The molecule has 7 nitrogen and oxygen atoms in total. The van der Waals surface area contributed by atoms with E-state index in [0.717, 1.165) is 17.2 Å². The number of benzene rings is 2. The van der Waals surface area contributed by atoms with Gasteiger partial charge in [-0.1, -0.05) is 24.3 Å². The second kappa shape index (κ2) is 7.24. The Balaban J connectivity index is 1.73. The van der Waals surface area contributed by atoms with Crippen molar-refractivity contribution in [3.05, 3.63) is 65.4 Å². The topological polar surface area (TPSA) is 105 Å². The Morgan fingerprint density at radius 2 is 1.85 bits per heavy atom. The number of hydrogen-bond donors (Lipinski definition) is 2. The summed E-state index contributed by atoms with van der Waals surface area (Å²) in [6, 6.07) is 13.3. The number of fused-ring (bicyclic) bond motifs is 1. The normalized spacial score (nSPS) is 11.3. The molecule has 3 rings (SSSR count). The van der Waals surface area contributed by atoms with Gasteiger partial charge in [-0.25, -0.2) is 13.2 Å². The molecular weight excluding hydrogens is 368 g/mol. The zero-order valence-electron chi connectivity index (χ0n) is 14.8. The highest BCUT2D eigenvalue weighted by molar-refractivity contribution is 7.92. The summed E-state index contributed by atoms with van der Waals surface area (Å²) in [5.74, 6) is -1.03. The van der Waals surface area contributed by atoms with Crippen LogP contribution in [-0.2, 0) is 14.8 Å². The number of ketones is 1. The molecule has 2 aromatic carbocycles. The first-order valence-corrected chi connectivity index (χ1v) is 9.99. The number of hydrogen-bond acceptors (Lipinski definition) is 5. The lowest BCUT2D eigenvalue weighted by Crippen LogP contribution is -2.15. The van der Waals surface area contributed by atoms with Crippen LogP contribution in [-0.4, -0.2) is 38.0 Å². The van der Waals surface area contributed by atoms with Gasteiger partial charge in [-0.05, 0) is 31.2 Å². The molecule has 8 heteroatoms. The van der Waals surface area contributed by atoms with Crippen molar-refractivity contribution < 1.29 is 22.7 Å². The maximum Gasteiger partial charge on any atom is 0.338 e. The van der Waals surface area contributed by atoms with Gasteiger partial charge in [0.1, 0.15) is 0 Å². The van der Waals surface area contributed by atoms with Gasteiger partial charge < -0.3 is 9.72 Å². The van der Waals surface area contributed by atoms with E-state index in [0.29, 0.717) is 11.3 Å². The Kier molecular flexibility index (Phi) is 5.00. The van der Waals surface area contributed by atoms with E-state index < -0.39 is 22.6 Å². The van der Waals surface area contributed by atoms with Crippen LogP contribution < -0.4 is 4.72 Å². The number of rotatable bonds is 6. The molecule has 1 aromatic heterocycles. The summed E-state index contributed by atoms with van der Waals surface area (Å²) in [5.41, 5.74) is 2.42. The Morgan fingerprint density at radius 1 is 1.11 bits per heavy atom. The van der Waals surface area contributed by atoms with Gasteiger partial charge in [0.25, 0.3) is 0 Å². The first-order valence-electron chi connectivity index (χ1n) is 8.10. The molecule has 0 saturated carbocycles. The lowest BCUT2D eigenvalue weighted by molar-refractivity contribution is 0.0475. The van der Waals surface area contributed by atoms with Gasteiger partial charge in [-0.2, -0.15) is 0 Å². The molecule has 0 bridgehead atoms. The van der Waals surface area contributed by atoms with E-state index in [9.17, 15) is 18.0 Å². The number of esters is 1. The Bertz CT molecular complexity index is 1130. The van der Waals surface area contributed by atoms with E-state index in [2.05, 4.69) is 9.71 Å². The highest BCUT2D eigenvalue weighted by atomic mass is 32.2. The molecule has 0 radical (unpaired) electrons. The third-order valence-corrected chi connectivity index (χ3v) is 4.51. The van der Waals surface area contributed by atoms with Crippen molar-refractivity contribution in [3.63, 3.8) is 0 Å². The maximum absolute atomic E-state index is 12.5. The van der Waals surface area contributed by atoms with Gasteiger partial charge in [-0.15, -0.1) is 0 Å². The lowest BCUT2D eigenvalue weighted by atomic mass is 10.1. The molecule has 0 saturated heterocycles. The fourth-order valence-electron chi connectivity index (χ4n) is 2.85. The standard InChI is InChI=1S/C19H18N2O5S/c1-12-18(15-8-3-4-9-16(15)20-12)17(22)11-26-19(23)13-6-5-7-14(10-13)21-27(2,24)25/h3-10,20-21H,11H2,1-2H3. The number of aryl methyl sites for hydroxylation is 1. The van der Waals surface area contributed by atoms with Crippen LogP contribution in [0.5, 0.6) is 0 Å². The first kappa shape index (κ1) is 18.7. The number of para-hydroxylation sites is 1. The predicted molar refractivity (Wildman–Crippen MR) is 103 cm³/mol. The smallest absolute Gasteiger partial charge is 0.338 e. The number of carbonyl (C=O) groups excluding carboxylic acids is 2. The molecule has 27 heavy (non-hydrogen) atoms. The maximum atomic E-state index is 12.5. The van der Waals surface area contributed by atoms with Crippen LogP contribution in [0.3, 0.4) is 0 Å². The number of Topliss-reactive ketones (excluding diaryl/α,β-unsaturated/α-hetero) is 1. The molecule has 0 aliphatic carbocycles. The van der Waals surface area contributed by atoms with Crippen LogP contribution in [0, 0.1) is 6.92 Å². The Hall–Kier alpha value is -3.13. The van der Waals surface area contributed by atoms with Crippen molar-refractivity contribution in [3.8, 4) is 0 Å². The molecule has 0 aliphatic heterocycles. The van der Waals surface area contributed by atoms with Crippen LogP contribution in [0.2, 0.25) is 0 Å². The van der Waals surface area contributed by atoms with Gasteiger partial charge in [0.2, 0.25) is 15.8 Å². The average molecular weight is 386 g/mol. The number of H-pyrrole nitrogens is 1. The van der Waals surface area contributed by atoms with Gasteiger partial charge >= 0.3 is 5.97 Å². The van der Waals surface area contributed by atoms with Crippen molar-refractivity contribution in [2.75, 3.05) is 17.6 Å². The van der Waals surface area contributed by atoms with Gasteiger partial charge in [0.05, 0.1) is 11.8 Å². The second-order valence-corrected chi connectivity index (χ2v) is 7.87. The van der Waals surface area contributed by atoms with Crippen molar-refractivity contribution >= 4 is 38.4 Å². The minimum atomic E-state index is -3.46. The zero-order chi connectivity index (χ0) is 19.6. The molecule has 0 aliphatic rings. The lowest BCUT2D eigenvalue weighted by Gasteiger charge is -2.07.